The second-order valence-corrected chi connectivity index (χ2v) is 4.53. The molecule has 21 heavy (non-hydrogen) atoms. The normalized spacial score (nSPS) is 10.8. The highest BCUT2D eigenvalue weighted by atomic mass is 16.5. The summed E-state index contributed by atoms with van der Waals surface area (Å²) < 4.78 is 7.03. The first-order valence-corrected chi connectivity index (χ1v) is 6.69. The maximum absolute atomic E-state index is 11.6. The lowest BCUT2D eigenvalue weighted by Crippen LogP contribution is -2.24. The van der Waals surface area contributed by atoms with E-state index in [4.69, 9.17) is 4.74 Å². The minimum atomic E-state index is -0.310. The summed E-state index contributed by atoms with van der Waals surface area (Å²) >= 11 is 0. The third-order valence-corrected chi connectivity index (χ3v) is 2.83. The van der Waals surface area contributed by atoms with E-state index in [0.717, 1.165) is 12.0 Å². The van der Waals surface area contributed by atoms with Crippen LogP contribution in [0, 0.1) is 0 Å². The number of ether oxygens (including phenoxy) is 1. The Hall–Kier alpha value is -2.63. The second-order valence-electron chi connectivity index (χ2n) is 4.53. The minimum Gasteiger partial charge on any atom is -0.484 e. The number of amides is 1. The Kier molecular flexibility index (Phi) is 5.09. The van der Waals surface area contributed by atoms with Crippen LogP contribution < -0.4 is 10.2 Å². The Morgan fingerprint density at radius 2 is 2.19 bits per heavy atom. The van der Waals surface area contributed by atoms with Gasteiger partial charge in [-0.25, -0.2) is 5.43 Å². The summed E-state index contributed by atoms with van der Waals surface area (Å²) in [6.45, 7) is 2.01. The van der Waals surface area contributed by atoms with Gasteiger partial charge in [0.15, 0.2) is 6.61 Å². The van der Waals surface area contributed by atoms with E-state index in [2.05, 4.69) is 22.5 Å². The molecule has 0 aliphatic heterocycles. The SMILES string of the molecule is CCc1ccc(OCC(=O)N/N=C\c2cnn(C)c2)cc1. The van der Waals surface area contributed by atoms with Crippen LogP contribution in [-0.2, 0) is 18.3 Å². The van der Waals surface area contributed by atoms with Crippen LogP contribution in [0.2, 0.25) is 0 Å². The average Bonchev–Trinajstić information content (AvgIpc) is 2.91. The van der Waals surface area contributed by atoms with E-state index in [-0.39, 0.29) is 12.5 Å². The Labute approximate surface area is 123 Å². The van der Waals surface area contributed by atoms with Crippen molar-refractivity contribution in [3.63, 3.8) is 0 Å². The molecule has 0 bridgehead atoms. The standard InChI is InChI=1S/C15H18N4O2/c1-3-12-4-6-14(7-5-12)21-11-15(20)18-16-8-13-9-17-19(2)10-13/h4-10H,3,11H2,1-2H3,(H,18,20)/b16-8-. The first kappa shape index (κ1) is 14.8. The summed E-state index contributed by atoms with van der Waals surface area (Å²) in [4.78, 5) is 11.6. The van der Waals surface area contributed by atoms with Crippen molar-refractivity contribution in [2.75, 3.05) is 6.61 Å². The predicted octanol–water partition coefficient (Wildman–Crippen LogP) is 1.51. The smallest absolute Gasteiger partial charge is 0.277 e. The zero-order valence-electron chi connectivity index (χ0n) is 12.1. The Balaban J connectivity index is 1.75. The predicted molar refractivity (Wildman–Crippen MR) is 80.3 cm³/mol. The van der Waals surface area contributed by atoms with Crippen LogP contribution >= 0.6 is 0 Å². The van der Waals surface area contributed by atoms with Crippen molar-refractivity contribution < 1.29 is 9.53 Å². The lowest BCUT2D eigenvalue weighted by Gasteiger charge is -2.05. The van der Waals surface area contributed by atoms with Gasteiger partial charge in [-0.2, -0.15) is 10.2 Å². The van der Waals surface area contributed by atoms with Crippen LogP contribution in [0.15, 0.2) is 41.8 Å². The molecule has 0 spiro atoms. The third-order valence-electron chi connectivity index (χ3n) is 2.83. The van der Waals surface area contributed by atoms with Crippen molar-refractivity contribution in [2.45, 2.75) is 13.3 Å². The molecule has 110 valence electrons. The Morgan fingerprint density at radius 1 is 1.43 bits per heavy atom. The number of hydrogen-bond donors (Lipinski definition) is 1. The Bertz CT molecular complexity index is 617. The van der Waals surface area contributed by atoms with Gasteiger partial charge in [0.1, 0.15) is 5.75 Å². The molecule has 0 unspecified atom stereocenters. The maximum atomic E-state index is 11.6. The summed E-state index contributed by atoms with van der Waals surface area (Å²) in [5.74, 6) is 0.355. The van der Waals surface area contributed by atoms with Gasteiger partial charge in [-0.15, -0.1) is 0 Å². The average molecular weight is 286 g/mol. The first-order valence-electron chi connectivity index (χ1n) is 6.69. The minimum absolute atomic E-state index is 0.0736. The molecule has 0 atom stereocenters. The van der Waals surface area contributed by atoms with Gasteiger partial charge in [0.25, 0.3) is 5.91 Å². The van der Waals surface area contributed by atoms with E-state index in [1.807, 2.05) is 31.3 Å². The zero-order chi connectivity index (χ0) is 15.1. The van der Waals surface area contributed by atoms with Crippen LogP contribution in [0.25, 0.3) is 0 Å². The number of carbonyl (C=O) groups is 1. The van der Waals surface area contributed by atoms with Gasteiger partial charge >= 0.3 is 0 Å². The van der Waals surface area contributed by atoms with Crippen molar-refractivity contribution >= 4 is 12.1 Å². The molecule has 6 heteroatoms. The summed E-state index contributed by atoms with van der Waals surface area (Å²) in [5, 5.41) is 7.83. The molecule has 1 aromatic carbocycles. The zero-order valence-corrected chi connectivity index (χ0v) is 12.1. The van der Waals surface area contributed by atoms with Crippen molar-refractivity contribution in [2.24, 2.45) is 12.1 Å². The number of nitrogens with zero attached hydrogens (tertiary/aromatic N) is 3. The molecule has 0 aliphatic rings. The lowest BCUT2D eigenvalue weighted by atomic mass is 10.2. The van der Waals surface area contributed by atoms with E-state index < -0.39 is 0 Å². The van der Waals surface area contributed by atoms with Gasteiger partial charge in [0.2, 0.25) is 0 Å². The largest absolute Gasteiger partial charge is 0.484 e. The highest BCUT2D eigenvalue weighted by molar-refractivity contribution is 5.82. The molecule has 0 aliphatic carbocycles. The van der Waals surface area contributed by atoms with E-state index in [9.17, 15) is 4.79 Å². The fourth-order valence-corrected chi connectivity index (χ4v) is 1.69. The van der Waals surface area contributed by atoms with E-state index in [0.29, 0.717) is 5.75 Å². The molecule has 0 fully saturated rings. The molecule has 1 amide bonds. The van der Waals surface area contributed by atoms with Crippen LogP contribution in [0.4, 0.5) is 0 Å². The monoisotopic (exact) mass is 286 g/mol. The highest BCUT2D eigenvalue weighted by Gasteiger charge is 2.01. The quantitative estimate of drug-likeness (QED) is 0.646. The number of nitrogens with one attached hydrogen (secondary N) is 1. The van der Waals surface area contributed by atoms with Crippen molar-refractivity contribution in [3.8, 4) is 5.75 Å². The van der Waals surface area contributed by atoms with Crippen LogP contribution in [0.5, 0.6) is 5.75 Å². The fraction of sp³-hybridized carbons (Fsp3) is 0.267. The van der Waals surface area contributed by atoms with Crippen molar-refractivity contribution in [1.29, 1.82) is 0 Å². The fourth-order valence-electron chi connectivity index (χ4n) is 1.69. The van der Waals surface area contributed by atoms with Crippen molar-refractivity contribution in [1.82, 2.24) is 15.2 Å². The molecule has 0 radical (unpaired) electrons. The summed E-state index contributed by atoms with van der Waals surface area (Å²) in [6, 6.07) is 7.66. The van der Waals surface area contributed by atoms with Gasteiger partial charge < -0.3 is 4.74 Å². The third kappa shape index (κ3) is 4.76. The second kappa shape index (κ2) is 7.23. The molecular formula is C15H18N4O2. The Morgan fingerprint density at radius 3 is 2.81 bits per heavy atom. The molecule has 0 saturated heterocycles. The summed E-state index contributed by atoms with van der Waals surface area (Å²) in [7, 11) is 1.81. The number of aromatic nitrogens is 2. The van der Waals surface area contributed by atoms with E-state index in [1.54, 1.807) is 17.1 Å². The topological polar surface area (TPSA) is 68.5 Å². The molecule has 1 aromatic heterocycles. The maximum Gasteiger partial charge on any atom is 0.277 e. The molecular weight excluding hydrogens is 268 g/mol. The number of benzene rings is 1. The van der Waals surface area contributed by atoms with Crippen LogP contribution in [0.3, 0.4) is 0 Å². The van der Waals surface area contributed by atoms with Gasteiger partial charge in [-0.1, -0.05) is 19.1 Å². The molecule has 1 heterocycles. The van der Waals surface area contributed by atoms with Gasteiger partial charge in [-0.3, -0.25) is 9.48 Å². The molecule has 2 rings (SSSR count). The summed E-state index contributed by atoms with van der Waals surface area (Å²) in [5.41, 5.74) is 4.44. The molecule has 1 N–H and O–H groups in total. The van der Waals surface area contributed by atoms with Gasteiger partial charge in [-0.05, 0) is 24.1 Å². The lowest BCUT2D eigenvalue weighted by molar-refractivity contribution is -0.123. The number of hydrazone groups is 1. The first-order chi connectivity index (χ1) is 10.2. The van der Waals surface area contributed by atoms with Crippen LogP contribution in [-0.4, -0.2) is 28.5 Å². The molecule has 2 aromatic rings. The van der Waals surface area contributed by atoms with Crippen LogP contribution in [0.1, 0.15) is 18.1 Å². The van der Waals surface area contributed by atoms with Crippen molar-refractivity contribution in [3.05, 3.63) is 47.8 Å². The van der Waals surface area contributed by atoms with Gasteiger partial charge in [0, 0.05) is 18.8 Å². The molecule has 6 nitrogen and oxygen atoms in total. The number of rotatable bonds is 6. The number of carbonyl (C=O) groups excluding carboxylic acids is 1. The number of hydrogen-bond acceptors (Lipinski definition) is 4. The number of aryl methyl sites for hydroxylation is 2. The molecule has 0 saturated carbocycles. The highest BCUT2D eigenvalue weighted by Crippen LogP contribution is 2.12. The summed E-state index contributed by atoms with van der Waals surface area (Å²) in [6.07, 6.45) is 5.95. The van der Waals surface area contributed by atoms with E-state index >= 15 is 0 Å². The van der Waals surface area contributed by atoms with E-state index in [1.165, 1.54) is 11.8 Å². The van der Waals surface area contributed by atoms with Gasteiger partial charge in [0.05, 0.1) is 12.4 Å².